The number of halogens is 1. The zero-order chi connectivity index (χ0) is 29.3. The molecular weight excluding hydrogens is 533 g/mol. The van der Waals surface area contributed by atoms with E-state index in [4.69, 9.17) is 4.74 Å². The van der Waals surface area contributed by atoms with Crippen molar-refractivity contribution in [2.75, 3.05) is 24.0 Å². The van der Waals surface area contributed by atoms with Gasteiger partial charge in [-0.2, -0.15) is 0 Å². The van der Waals surface area contributed by atoms with Crippen molar-refractivity contribution < 1.29 is 27.1 Å². The Morgan fingerprint density at radius 2 is 1.55 bits per heavy atom. The second-order valence-electron chi connectivity index (χ2n) is 9.22. The fourth-order valence-corrected chi connectivity index (χ4v) is 5.65. The maximum absolute atomic E-state index is 13.9. The Morgan fingerprint density at radius 1 is 0.925 bits per heavy atom. The molecule has 0 heterocycles. The summed E-state index contributed by atoms with van der Waals surface area (Å²) >= 11 is 0. The molecule has 3 rings (SSSR count). The van der Waals surface area contributed by atoms with E-state index in [2.05, 4.69) is 5.32 Å². The molecule has 0 bridgehead atoms. The molecule has 1 atom stereocenters. The fourth-order valence-electron chi connectivity index (χ4n) is 4.24. The average Bonchev–Trinajstić information content (AvgIpc) is 2.93. The van der Waals surface area contributed by atoms with Crippen LogP contribution in [0.3, 0.4) is 0 Å². The highest BCUT2D eigenvalue weighted by molar-refractivity contribution is 7.92. The molecule has 3 aromatic rings. The molecule has 0 saturated heterocycles. The quantitative estimate of drug-likeness (QED) is 0.323. The zero-order valence-electron chi connectivity index (χ0n) is 23.3. The first kappa shape index (κ1) is 30.6. The van der Waals surface area contributed by atoms with Gasteiger partial charge in [0.15, 0.2) is 0 Å². The van der Waals surface area contributed by atoms with Crippen LogP contribution >= 0.6 is 0 Å². The second-order valence-corrected chi connectivity index (χ2v) is 11.1. The van der Waals surface area contributed by atoms with Crippen LogP contribution in [-0.2, 0) is 26.2 Å². The number of aryl methyl sites for hydroxylation is 1. The van der Waals surface area contributed by atoms with Gasteiger partial charge in [0.1, 0.15) is 24.2 Å². The van der Waals surface area contributed by atoms with Crippen LogP contribution in [0, 0.1) is 12.7 Å². The Kier molecular flexibility index (Phi) is 10.7. The molecule has 0 aliphatic carbocycles. The first-order valence-corrected chi connectivity index (χ1v) is 14.7. The molecule has 2 amide bonds. The van der Waals surface area contributed by atoms with Gasteiger partial charge >= 0.3 is 0 Å². The second kappa shape index (κ2) is 13.9. The number of anilines is 1. The van der Waals surface area contributed by atoms with Crippen molar-refractivity contribution in [2.45, 2.75) is 51.6 Å². The minimum atomic E-state index is -4.26. The number of amides is 2. The SMILES string of the molecule is CCNC(=O)[C@H](CC)N(Cc1ccc(C)cc1)C(=O)CN(c1ccc(F)cc1)S(=O)(=O)c1ccc(OCC)cc1. The number of nitrogens with one attached hydrogen (secondary N) is 1. The van der Waals surface area contributed by atoms with Gasteiger partial charge in [-0.05, 0) is 81.3 Å². The number of sulfonamides is 1. The summed E-state index contributed by atoms with van der Waals surface area (Å²) < 4.78 is 47.8. The summed E-state index contributed by atoms with van der Waals surface area (Å²) in [5.74, 6) is -0.940. The number of hydrogen-bond donors (Lipinski definition) is 1. The Balaban J connectivity index is 2.04. The third-order valence-electron chi connectivity index (χ3n) is 6.33. The molecule has 3 aromatic carbocycles. The monoisotopic (exact) mass is 569 g/mol. The number of ether oxygens (including phenoxy) is 1. The summed E-state index contributed by atoms with van der Waals surface area (Å²) in [5, 5.41) is 2.77. The lowest BCUT2D eigenvalue weighted by Crippen LogP contribution is -2.52. The van der Waals surface area contributed by atoms with Crippen molar-refractivity contribution in [3.63, 3.8) is 0 Å². The normalized spacial score (nSPS) is 11.9. The van der Waals surface area contributed by atoms with E-state index in [9.17, 15) is 22.4 Å². The predicted molar refractivity (Wildman–Crippen MR) is 153 cm³/mol. The van der Waals surface area contributed by atoms with Crippen molar-refractivity contribution in [3.8, 4) is 5.75 Å². The number of likely N-dealkylation sites (N-methyl/N-ethyl adjacent to an activating group) is 1. The standard InChI is InChI=1S/C30H36FN3O5S/c1-5-28(30(36)32-6-2)33(20-23-10-8-22(4)9-11-23)29(35)21-34(25-14-12-24(31)13-15-25)40(37,38)27-18-16-26(17-19-27)39-7-3/h8-19,28H,5-7,20-21H2,1-4H3,(H,32,36)/t28-/m0/s1. The van der Waals surface area contributed by atoms with Gasteiger partial charge in [-0.3, -0.25) is 13.9 Å². The van der Waals surface area contributed by atoms with Gasteiger partial charge in [0, 0.05) is 13.1 Å². The first-order chi connectivity index (χ1) is 19.1. The minimum Gasteiger partial charge on any atom is -0.494 e. The molecule has 0 fully saturated rings. The topological polar surface area (TPSA) is 96.0 Å². The van der Waals surface area contributed by atoms with Crippen molar-refractivity contribution in [1.29, 1.82) is 0 Å². The van der Waals surface area contributed by atoms with Gasteiger partial charge in [0.25, 0.3) is 10.0 Å². The van der Waals surface area contributed by atoms with Gasteiger partial charge in [0.2, 0.25) is 11.8 Å². The molecule has 0 aliphatic heterocycles. The predicted octanol–water partition coefficient (Wildman–Crippen LogP) is 4.67. The molecule has 0 spiro atoms. The van der Waals surface area contributed by atoms with Gasteiger partial charge < -0.3 is 15.0 Å². The van der Waals surface area contributed by atoms with Crippen LogP contribution in [0.5, 0.6) is 5.75 Å². The number of carbonyl (C=O) groups excluding carboxylic acids is 2. The minimum absolute atomic E-state index is 0.0612. The lowest BCUT2D eigenvalue weighted by Gasteiger charge is -2.33. The molecular formula is C30H36FN3O5S. The molecule has 0 aromatic heterocycles. The van der Waals surface area contributed by atoms with Crippen LogP contribution in [0.25, 0.3) is 0 Å². The Hall–Kier alpha value is -3.92. The molecule has 10 heteroatoms. The number of benzene rings is 3. The summed E-state index contributed by atoms with van der Waals surface area (Å²) in [6.07, 6.45) is 0.325. The van der Waals surface area contributed by atoms with Gasteiger partial charge in [-0.25, -0.2) is 12.8 Å². The van der Waals surface area contributed by atoms with E-state index in [0.717, 1.165) is 27.6 Å². The van der Waals surface area contributed by atoms with Crippen LogP contribution in [0.2, 0.25) is 0 Å². The highest BCUT2D eigenvalue weighted by Crippen LogP contribution is 2.26. The van der Waals surface area contributed by atoms with E-state index < -0.39 is 34.3 Å². The summed E-state index contributed by atoms with van der Waals surface area (Å²) in [4.78, 5) is 28.2. The summed E-state index contributed by atoms with van der Waals surface area (Å²) in [6, 6.07) is 17.5. The lowest BCUT2D eigenvalue weighted by molar-refractivity contribution is -0.140. The molecule has 214 valence electrons. The molecule has 0 saturated carbocycles. The maximum atomic E-state index is 13.9. The smallest absolute Gasteiger partial charge is 0.264 e. The van der Waals surface area contributed by atoms with Crippen molar-refractivity contribution in [3.05, 3.63) is 89.7 Å². The van der Waals surface area contributed by atoms with Crippen LogP contribution in [0.1, 0.15) is 38.3 Å². The van der Waals surface area contributed by atoms with Gasteiger partial charge in [-0.1, -0.05) is 36.8 Å². The van der Waals surface area contributed by atoms with E-state index in [0.29, 0.717) is 25.3 Å². The van der Waals surface area contributed by atoms with Crippen molar-refractivity contribution in [2.24, 2.45) is 0 Å². The Labute approximate surface area is 235 Å². The number of nitrogens with zero attached hydrogens (tertiary/aromatic N) is 2. The zero-order valence-corrected chi connectivity index (χ0v) is 24.1. The summed E-state index contributed by atoms with van der Waals surface area (Å²) in [7, 11) is -4.26. The maximum Gasteiger partial charge on any atom is 0.264 e. The largest absolute Gasteiger partial charge is 0.494 e. The summed E-state index contributed by atoms with van der Waals surface area (Å²) in [6.45, 7) is 7.67. The van der Waals surface area contributed by atoms with Crippen LogP contribution in [0.15, 0.2) is 77.7 Å². The van der Waals surface area contributed by atoms with Gasteiger partial charge in [0.05, 0.1) is 17.2 Å². The molecule has 0 radical (unpaired) electrons. The Morgan fingerprint density at radius 3 is 2.10 bits per heavy atom. The van der Waals surface area contributed by atoms with Crippen molar-refractivity contribution in [1.82, 2.24) is 10.2 Å². The number of carbonyl (C=O) groups is 2. The van der Waals surface area contributed by atoms with E-state index in [1.54, 1.807) is 13.8 Å². The van der Waals surface area contributed by atoms with Crippen LogP contribution in [-0.4, -0.2) is 50.9 Å². The fraction of sp³-hybridized carbons (Fsp3) is 0.333. The Bertz CT molecular complexity index is 1380. The average molecular weight is 570 g/mol. The van der Waals surface area contributed by atoms with E-state index in [1.165, 1.54) is 41.3 Å². The van der Waals surface area contributed by atoms with E-state index in [1.807, 2.05) is 38.1 Å². The molecule has 0 aliphatic rings. The van der Waals surface area contributed by atoms with Crippen molar-refractivity contribution >= 4 is 27.5 Å². The molecule has 8 nitrogen and oxygen atoms in total. The molecule has 0 unspecified atom stereocenters. The highest BCUT2D eigenvalue weighted by Gasteiger charge is 2.33. The number of hydrogen-bond acceptors (Lipinski definition) is 5. The lowest BCUT2D eigenvalue weighted by atomic mass is 10.1. The van der Waals surface area contributed by atoms with Gasteiger partial charge in [-0.15, -0.1) is 0 Å². The third kappa shape index (κ3) is 7.59. The third-order valence-corrected chi connectivity index (χ3v) is 8.11. The molecule has 1 N–H and O–H groups in total. The number of rotatable bonds is 13. The molecule has 40 heavy (non-hydrogen) atoms. The first-order valence-electron chi connectivity index (χ1n) is 13.2. The van der Waals surface area contributed by atoms with Crippen LogP contribution in [0.4, 0.5) is 10.1 Å². The summed E-state index contributed by atoms with van der Waals surface area (Å²) in [5.41, 5.74) is 1.95. The van der Waals surface area contributed by atoms with Crippen LogP contribution < -0.4 is 14.4 Å². The highest BCUT2D eigenvalue weighted by atomic mass is 32.2. The van der Waals surface area contributed by atoms with E-state index in [-0.39, 0.29) is 23.0 Å². The van der Waals surface area contributed by atoms with E-state index >= 15 is 0 Å².